The summed E-state index contributed by atoms with van der Waals surface area (Å²) in [4.78, 5) is 3.93. The van der Waals surface area contributed by atoms with Crippen molar-refractivity contribution in [3.05, 3.63) is 69.3 Å². The van der Waals surface area contributed by atoms with Gasteiger partial charge in [0.15, 0.2) is 0 Å². The Morgan fingerprint density at radius 1 is 0.960 bits per heavy atom. The van der Waals surface area contributed by atoms with Gasteiger partial charge < -0.3 is 9.80 Å². The second-order valence-corrected chi connectivity index (χ2v) is 7.75. The number of nitrogens with one attached hydrogen (secondary N) is 1. The van der Waals surface area contributed by atoms with Crippen molar-refractivity contribution in [3.63, 3.8) is 0 Å². The first-order valence-electron chi connectivity index (χ1n) is 8.41. The van der Waals surface area contributed by atoms with E-state index in [0.29, 0.717) is 5.96 Å². The number of aryl methyl sites for hydroxylation is 2. The molecule has 0 saturated carbocycles. The monoisotopic (exact) mass is 441 g/mol. The largest absolute Gasteiger partial charge is 0.315 e. The van der Waals surface area contributed by atoms with E-state index in [2.05, 4.69) is 65.1 Å². The van der Waals surface area contributed by atoms with Crippen LogP contribution in [0.1, 0.15) is 11.1 Å². The van der Waals surface area contributed by atoms with Gasteiger partial charge in [0.25, 0.3) is 0 Å². The lowest BCUT2D eigenvalue weighted by atomic mass is 10.0. The summed E-state index contributed by atoms with van der Waals surface area (Å²) in [6.45, 7) is 0. The summed E-state index contributed by atoms with van der Waals surface area (Å²) in [7, 11) is 3.95. The van der Waals surface area contributed by atoms with Crippen LogP contribution < -0.4 is 9.80 Å². The Bertz CT molecular complexity index is 980. The molecule has 4 heteroatoms. The summed E-state index contributed by atoms with van der Waals surface area (Å²) in [5.41, 5.74) is 4.97. The topological polar surface area (TPSA) is 30.3 Å². The molecular formula is C21H20IN3. The van der Waals surface area contributed by atoms with E-state index in [0.717, 1.165) is 24.2 Å². The zero-order chi connectivity index (χ0) is 17.6. The molecule has 0 spiro atoms. The molecule has 126 valence electrons. The lowest BCUT2D eigenvalue weighted by Gasteiger charge is -2.29. The molecule has 0 fully saturated rings. The van der Waals surface area contributed by atoms with Crippen LogP contribution in [0.15, 0.2) is 54.6 Å². The van der Waals surface area contributed by atoms with Crippen molar-refractivity contribution in [1.82, 2.24) is 0 Å². The van der Waals surface area contributed by atoms with E-state index < -0.39 is 0 Å². The molecule has 0 bridgehead atoms. The van der Waals surface area contributed by atoms with Crippen LogP contribution in [-0.2, 0) is 12.8 Å². The van der Waals surface area contributed by atoms with Crippen molar-refractivity contribution in [2.24, 2.45) is 0 Å². The molecule has 3 aromatic carbocycles. The van der Waals surface area contributed by atoms with E-state index in [1.807, 2.05) is 36.0 Å². The number of halogens is 1. The van der Waals surface area contributed by atoms with Crippen LogP contribution in [0.4, 0.5) is 11.4 Å². The highest BCUT2D eigenvalue weighted by Crippen LogP contribution is 2.37. The second kappa shape index (κ2) is 6.33. The Balaban J connectivity index is 1.71. The van der Waals surface area contributed by atoms with Gasteiger partial charge in [0.1, 0.15) is 0 Å². The minimum absolute atomic E-state index is 0.474. The maximum absolute atomic E-state index is 8.69. The number of rotatable bonds is 2. The normalized spacial score (nSPS) is 12.4. The van der Waals surface area contributed by atoms with Crippen molar-refractivity contribution < 1.29 is 0 Å². The number of hydrogen-bond acceptors (Lipinski definition) is 1. The van der Waals surface area contributed by atoms with E-state index in [1.165, 1.54) is 25.5 Å². The van der Waals surface area contributed by atoms with Gasteiger partial charge in [-0.1, -0.05) is 30.3 Å². The molecule has 0 amide bonds. The molecule has 25 heavy (non-hydrogen) atoms. The standard InChI is InChI=1S/C21H20IN3/c1-24(17-8-4-7-16(22)13-17)21(23)25(2)19-12-10-15-6-3-5-14-9-11-18(19)20(14)15/h3-8,10,12-13,23H,9,11H2,1-2H3. The molecule has 4 rings (SSSR count). The Kier molecular flexibility index (Phi) is 4.15. The van der Waals surface area contributed by atoms with Crippen LogP contribution in [0.2, 0.25) is 0 Å². The fourth-order valence-corrected chi connectivity index (χ4v) is 4.23. The molecule has 0 heterocycles. The minimum Gasteiger partial charge on any atom is -0.315 e. The van der Waals surface area contributed by atoms with Gasteiger partial charge in [-0.25, -0.2) is 0 Å². The second-order valence-electron chi connectivity index (χ2n) is 6.50. The van der Waals surface area contributed by atoms with Crippen molar-refractivity contribution in [1.29, 1.82) is 5.41 Å². The fourth-order valence-electron chi connectivity index (χ4n) is 3.71. The average Bonchev–Trinajstić information content (AvgIpc) is 3.06. The van der Waals surface area contributed by atoms with Crippen molar-refractivity contribution in [2.75, 3.05) is 23.9 Å². The van der Waals surface area contributed by atoms with Crippen molar-refractivity contribution in [2.45, 2.75) is 12.8 Å². The molecular weight excluding hydrogens is 421 g/mol. The number of benzene rings is 3. The third-order valence-corrected chi connectivity index (χ3v) is 5.72. The molecule has 0 unspecified atom stereocenters. The number of nitrogens with zero attached hydrogens (tertiary/aromatic N) is 2. The first-order valence-corrected chi connectivity index (χ1v) is 9.49. The van der Waals surface area contributed by atoms with Gasteiger partial charge in [-0.15, -0.1) is 0 Å². The van der Waals surface area contributed by atoms with Gasteiger partial charge >= 0.3 is 0 Å². The van der Waals surface area contributed by atoms with Crippen molar-refractivity contribution >= 4 is 50.7 Å². The minimum atomic E-state index is 0.474. The van der Waals surface area contributed by atoms with Crippen molar-refractivity contribution in [3.8, 4) is 0 Å². The predicted molar refractivity (Wildman–Crippen MR) is 115 cm³/mol. The Labute approximate surface area is 161 Å². The van der Waals surface area contributed by atoms with Gasteiger partial charge in [-0.3, -0.25) is 5.41 Å². The summed E-state index contributed by atoms with van der Waals surface area (Å²) in [5.74, 6) is 0.474. The molecule has 0 saturated heterocycles. The Morgan fingerprint density at radius 3 is 2.56 bits per heavy atom. The molecule has 0 radical (unpaired) electrons. The number of anilines is 2. The van der Waals surface area contributed by atoms with E-state index in [4.69, 9.17) is 5.41 Å². The number of hydrogen-bond donors (Lipinski definition) is 1. The SMILES string of the molecule is CN(C(=N)N(C)c1ccc2cccc3c2c1CC3)c1cccc(I)c1. The molecule has 0 aromatic heterocycles. The number of guanidine groups is 1. The predicted octanol–water partition coefficient (Wildman–Crippen LogP) is 5.05. The smallest absolute Gasteiger partial charge is 0.202 e. The Hall–Kier alpha value is -2.08. The highest BCUT2D eigenvalue weighted by atomic mass is 127. The summed E-state index contributed by atoms with van der Waals surface area (Å²) in [6.07, 6.45) is 2.15. The van der Waals surface area contributed by atoms with Gasteiger partial charge in [0.2, 0.25) is 5.96 Å². The molecule has 0 aliphatic heterocycles. The van der Waals surface area contributed by atoms with Crippen LogP contribution in [0.5, 0.6) is 0 Å². The molecule has 3 nitrogen and oxygen atoms in total. The molecule has 1 aliphatic carbocycles. The third-order valence-electron chi connectivity index (χ3n) is 5.05. The third kappa shape index (κ3) is 2.78. The van der Waals surface area contributed by atoms with Gasteiger partial charge in [0.05, 0.1) is 0 Å². The summed E-state index contributed by atoms with van der Waals surface area (Å²) < 4.78 is 1.17. The van der Waals surface area contributed by atoms with Gasteiger partial charge in [0, 0.05) is 29.0 Å². The van der Waals surface area contributed by atoms with Gasteiger partial charge in [-0.2, -0.15) is 0 Å². The molecule has 1 aliphatic rings. The molecule has 3 aromatic rings. The average molecular weight is 441 g/mol. The zero-order valence-corrected chi connectivity index (χ0v) is 16.5. The lowest BCUT2D eigenvalue weighted by molar-refractivity contribution is 1.01. The highest BCUT2D eigenvalue weighted by molar-refractivity contribution is 14.1. The van der Waals surface area contributed by atoms with Crippen LogP contribution in [0.3, 0.4) is 0 Å². The van der Waals surface area contributed by atoms with Crippen LogP contribution in [0.25, 0.3) is 10.8 Å². The zero-order valence-electron chi connectivity index (χ0n) is 14.4. The summed E-state index contributed by atoms with van der Waals surface area (Å²) >= 11 is 2.31. The van der Waals surface area contributed by atoms with Gasteiger partial charge in [-0.05, 0) is 81.6 Å². The molecule has 1 N–H and O–H groups in total. The first kappa shape index (κ1) is 16.4. The van der Waals surface area contributed by atoms with Crippen LogP contribution in [-0.4, -0.2) is 20.1 Å². The van der Waals surface area contributed by atoms with E-state index in [1.54, 1.807) is 0 Å². The summed E-state index contributed by atoms with van der Waals surface area (Å²) in [5, 5.41) is 11.4. The van der Waals surface area contributed by atoms with Crippen LogP contribution in [0, 0.1) is 8.98 Å². The lowest BCUT2D eigenvalue weighted by Crippen LogP contribution is -2.40. The Morgan fingerprint density at radius 2 is 1.76 bits per heavy atom. The highest BCUT2D eigenvalue weighted by Gasteiger charge is 2.22. The first-order chi connectivity index (χ1) is 12.1. The maximum Gasteiger partial charge on any atom is 0.202 e. The maximum atomic E-state index is 8.69. The van der Waals surface area contributed by atoms with E-state index >= 15 is 0 Å². The summed E-state index contributed by atoms with van der Waals surface area (Å²) in [6, 6.07) is 19.1. The van der Waals surface area contributed by atoms with Crippen LogP contribution >= 0.6 is 22.6 Å². The van der Waals surface area contributed by atoms with E-state index in [-0.39, 0.29) is 0 Å². The quantitative estimate of drug-likeness (QED) is 0.343. The molecule has 0 atom stereocenters. The fraction of sp³-hybridized carbons (Fsp3) is 0.190. The van der Waals surface area contributed by atoms with E-state index in [9.17, 15) is 0 Å².